The normalized spacial score (nSPS) is 12.2. The average Bonchev–Trinajstić information content (AvgIpc) is 3.31. The Kier molecular flexibility index (Phi) is 5.16. The lowest BCUT2D eigenvalue weighted by Gasteiger charge is -2.10. The number of rotatable bonds is 4. The van der Waals surface area contributed by atoms with Gasteiger partial charge in [0.25, 0.3) is 0 Å². The summed E-state index contributed by atoms with van der Waals surface area (Å²) >= 11 is 1.62. The minimum atomic E-state index is -4.53. The number of pyridine rings is 2. The van der Waals surface area contributed by atoms with E-state index in [0.29, 0.717) is 17.0 Å². The molecule has 0 unspecified atom stereocenters. The van der Waals surface area contributed by atoms with Crippen LogP contribution in [-0.2, 0) is 20.3 Å². The highest BCUT2D eigenvalue weighted by molar-refractivity contribution is 7.99. The molecule has 0 radical (unpaired) electrons. The number of fused-ring (bicyclic) bond motifs is 2. The van der Waals surface area contributed by atoms with Gasteiger partial charge < -0.3 is 9.13 Å². The molecule has 5 rings (SSSR count). The zero-order valence-corrected chi connectivity index (χ0v) is 19.0. The first-order valence-electron chi connectivity index (χ1n) is 10.4. The van der Waals surface area contributed by atoms with Gasteiger partial charge in [-0.2, -0.15) is 13.2 Å². The highest BCUT2D eigenvalue weighted by atomic mass is 32.2. The third-order valence-electron chi connectivity index (χ3n) is 5.60. The van der Waals surface area contributed by atoms with Crippen molar-refractivity contribution in [1.82, 2.24) is 24.1 Å². The number of nitrogens with zero attached hydrogens (tertiary/aromatic N) is 5. The van der Waals surface area contributed by atoms with Crippen LogP contribution < -0.4 is 0 Å². The van der Waals surface area contributed by atoms with Gasteiger partial charge in [0.2, 0.25) is 0 Å². The van der Waals surface area contributed by atoms with Crippen molar-refractivity contribution in [3.8, 4) is 22.8 Å². The molecule has 1 aromatic carbocycles. The predicted octanol–water partition coefficient (Wildman–Crippen LogP) is 6.32. The monoisotopic (exact) mass is 467 g/mol. The molecule has 4 aromatic heterocycles. The predicted molar refractivity (Wildman–Crippen MR) is 125 cm³/mol. The van der Waals surface area contributed by atoms with Gasteiger partial charge in [0.1, 0.15) is 11.4 Å². The summed E-state index contributed by atoms with van der Waals surface area (Å²) in [6.07, 6.45) is -1.27. The lowest BCUT2D eigenvalue weighted by molar-refractivity contribution is -0.141. The van der Waals surface area contributed by atoms with Crippen LogP contribution in [0.2, 0.25) is 0 Å². The summed E-state index contributed by atoms with van der Waals surface area (Å²) in [4.78, 5) is 14.0. The number of aryl methyl sites for hydroxylation is 2. The van der Waals surface area contributed by atoms with E-state index in [4.69, 9.17) is 4.98 Å². The number of imidazole rings is 1. The van der Waals surface area contributed by atoms with Gasteiger partial charge >= 0.3 is 6.18 Å². The van der Waals surface area contributed by atoms with Crippen molar-refractivity contribution in [3.63, 3.8) is 0 Å². The molecule has 9 heteroatoms. The number of halogens is 3. The molecule has 5 aromatic rings. The van der Waals surface area contributed by atoms with E-state index in [0.717, 1.165) is 38.9 Å². The van der Waals surface area contributed by atoms with Crippen LogP contribution >= 0.6 is 11.8 Å². The van der Waals surface area contributed by atoms with Crippen LogP contribution in [0.4, 0.5) is 13.2 Å². The standard InChI is InChI=1S/C24H20F3N5S/c1-4-33-20-10-9-16(15-13-31(2)18-8-6-5-7-14(15)18)29-22(20)23-30-17-11-21(24(25,26)27)28-12-19(17)32(23)3/h5-13H,4H2,1-3H3. The number of benzene rings is 1. The third kappa shape index (κ3) is 3.66. The number of hydrogen-bond donors (Lipinski definition) is 0. The van der Waals surface area contributed by atoms with E-state index < -0.39 is 11.9 Å². The van der Waals surface area contributed by atoms with Crippen molar-refractivity contribution < 1.29 is 13.2 Å². The largest absolute Gasteiger partial charge is 0.433 e. The molecule has 168 valence electrons. The summed E-state index contributed by atoms with van der Waals surface area (Å²) in [7, 11) is 3.76. The van der Waals surface area contributed by atoms with Crippen molar-refractivity contribution in [2.45, 2.75) is 18.0 Å². The first-order chi connectivity index (χ1) is 15.8. The number of aromatic nitrogens is 5. The summed E-state index contributed by atoms with van der Waals surface area (Å²) in [5.41, 5.74) is 3.30. The van der Waals surface area contributed by atoms with Crippen molar-refractivity contribution in [2.24, 2.45) is 14.1 Å². The first kappa shape index (κ1) is 21.5. The maximum atomic E-state index is 13.2. The minimum absolute atomic E-state index is 0.236. The summed E-state index contributed by atoms with van der Waals surface area (Å²) in [6.45, 7) is 2.04. The molecule has 0 atom stereocenters. The lowest BCUT2D eigenvalue weighted by atomic mass is 10.1. The quantitative estimate of drug-likeness (QED) is 0.290. The van der Waals surface area contributed by atoms with Gasteiger partial charge in [-0.15, -0.1) is 11.8 Å². The van der Waals surface area contributed by atoms with Crippen LogP contribution in [0, 0.1) is 0 Å². The Hall–Kier alpha value is -3.33. The van der Waals surface area contributed by atoms with Crippen LogP contribution in [0.3, 0.4) is 0 Å². The summed E-state index contributed by atoms with van der Waals surface area (Å²) < 4.78 is 43.3. The van der Waals surface area contributed by atoms with Crippen LogP contribution in [0.15, 0.2) is 59.8 Å². The minimum Gasteiger partial charge on any atom is -0.350 e. The smallest absolute Gasteiger partial charge is 0.350 e. The molecule has 5 nitrogen and oxygen atoms in total. The van der Waals surface area contributed by atoms with Gasteiger partial charge in [-0.25, -0.2) is 15.0 Å². The van der Waals surface area contributed by atoms with Crippen LogP contribution in [0.5, 0.6) is 0 Å². The van der Waals surface area contributed by atoms with Crippen LogP contribution in [-0.4, -0.2) is 29.8 Å². The molecule has 0 spiro atoms. The molecular formula is C24H20F3N5S. The van der Waals surface area contributed by atoms with Crippen molar-refractivity contribution in [3.05, 3.63) is 60.6 Å². The Balaban J connectivity index is 1.71. The summed E-state index contributed by atoms with van der Waals surface area (Å²) in [5, 5.41) is 1.08. The van der Waals surface area contributed by atoms with Crippen molar-refractivity contribution >= 4 is 33.7 Å². The Labute approximate surface area is 192 Å². The van der Waals surface area contributed by atoms with E-state index >= 15 is 0 Å². The molecule has 0 N–H and O–H groups in total. The van der Waals surface area contributed by atoms with Gasteiger partial charge in [0.05, 0.1) is 22.9 Å². The number of thioether (sulfide) groups is 1. The second-order valence-corrected chi connectivity index (χ2v) is 9.00. The van der Waals surface area contributed by atoms with E-state index in [1.54, 1.807) is 23.4 Å². The zero-order chi connectivity index (χ0) is 23.3. The topological polar surface area (TPSA) is 48.5 Å². The average molecular weight is 468 g/mol. The molecule has 0 amide bonds. The molecule has 0 aliphatic rings. The number of para-hydroxylation sites is 1. The molecular weight excluding hydrogens is 447 g/mol. The van der Waals surface area contributed by atoms with Gasteiger partial charge in [-0.3, -0.25) is 0 Å². The van der Waals surface area contributed by atoms with E-state index in [1.165, 1.54) is 6.20 Å². The molecule has 0 bridgehead atoms. The maximum Gasteiger partial charge on any atom is 0.433 e. The molecule has 4 heterocycles. The molecule has 0 fully saturated rings. The summed E-state index contributed by atoms with van der Waals surface area (Å²) in [5.74, 6) is 1.33. The Morgan fingerprint density at radius 1 is 1.00 bits per heavy atom. The van der Waals surface area contributed by atoms with E-state index in [9.17, 15) is 13.2 Å². The van der Waals surface area contributed by atoms with Crippen LogP contribution in [0.1, 0.15) is 12.6 Å². The second-order valence-electron chi connectivity index (χ2n) is 7.70. The number of alkyl halides is 3. The third-order valence-corrected chi connectivity index (χ3v) is 6.53. The van der Waals surface area contributed by atoms with Gasteiger partial charge in [-0.05, 0) is 30.0 Å². The lowest BCUT2D eigenvalue weighted by Crippen LogP contribution is -2.07. The molecule has 0 saturated heterocycles. The highest BCUT2D eigenvalue weighted by Gasteiger charge is 2.33. The SMILES string of the molecule is CCSc1ccc(-c2cn(C)c3ccccc23)nc1-c1nc2cc(C(F)(F)F)ncc2n1C. The van der Waals surface area contributed by atoms with Gasteiger partial charge in [0, 0.05) is 41.7 Å². The van der Waals surface area contributed by atoms with Crippen LogP contribution in [0.25, 0.3) is 44.7 Å². The van der Waals surface area contributed by atoms with E-state index in [-0.39, 0.29) is 5.52 Å². The molecule has 33 heavy (non-hydrogen) atoms. The second kappa shape index (κ2) is 7.91. The Morgan fingerprint density at radius 2 is 1.79 bits per heavy atom. The van der Waals surface area contributed by atoms with Crippen molar-refractivity contribution in [1.29, 1.82) is 0 Å². The number of hydrogen-bond acceptors (Lipinski definition) is 4. The zero-order valence-electron chi connectivity index (χ0n) is 18.2. The van der Waals surface area contributed by atoms with Gasteiger partial charge in [0.15, 0.2) is 5.82 Å². The molecule has 0 saturated carbocycles. The molecule has 0 aliphatic carbocycles. The Bertz CT molecular complexity index is 1500. The fourth-order valence-corrected chi connectivity index (χ4v) is 4.78. The van der Waals surface area contributed by atoms with E-state index in [1.807, 2.05) is 44.4 Å². The fraction of sp³-hybridized carbons (Fsp3) is 0.208. The summed E-state index contributed by atoms with van der Waals surface area (Å²) in [6, 6.07) is 13.1. The van der Waals surface area contributed by atoms with Crippen molar-refractivity contribution in [2.75, 3.05) is 5.75 Å². The highest BCUT2D eigenvalue weighted by Crippen LogP contribution is 2.36. The fourth-order valence-electron chi connectivity index (χ4n) is 4.03. The van der Waals surface area contributed by atoms with Gasteiger partial charge in [-0.1, -0.05) is 25.1 Å². The Morgan fingerprint density at radius 3 is 2.55 bits per heavy atom. The maximum absolute atomic E-state index is 13.2. The molecule has 0 aliphatic heterocycles. The van der Waals surface area contributed by atoms with E-state index in [2.05, 4.69) is 26.7 Å². The first-order valence-corrected chi connectivity index (χ1v) is 11.3.